The lowest BCUT2D eigenvalue weighted by atomic mass is 10.1. The number of nitrogens with zero attached hydrogens (tertiary/aromatic N) is 2. The van der Waals surface area contributed by atoms with Gasteiger partial charge in [-0.2, -0.15) is 0 Å². The number of hydrogen-bond acceptors (Lipinski definition) is 6. The van der Waals surface area contributed by atoms with Crippen LogP contribution in [0.2, 0.25) is 0 Å². The van der Waals surface area contributed by atoms with Crippen molar-refractivity contribution in [2.75, 3.05) is 29.8 Å². The predicted molar refractivity (Wildman–Crippen MR) is 141 cm³/mol. The standard InChI is InChI=1S/C27H34FN3O6S/c1-3-38(34,35)31(22-12-13-24-25(16-22)37-15-14-36-24)18-26(32)30(17-20-8-4-7-11-23(20)28)19(2)27(33)29-21-9-5-6-10-21/h4,7-8,11-13,16,19,21H,3,5-6,9-10,14-15,17-18H2,1-2H3,(H,29,33)/t19-/m0/s1. The molecule has 11 heteroatoms. The maximum Gasteiger partial charge on any atom is 0.244 e. The molecule has 0 spiro atoms. The topological polar surface area (TPSA) is 105 Å². The van der Waals surface area contributed by atoms with Gasteiger partial charge < -0.3 is 19.7 Å². The SMILES string of the molecule is CCS(=O)(=O)N(CC(=O)N(Cc1ccccc1F)[C@@H](C)C(=O)NC1CCCC1)c1ccc2c(c1)OCCO2. The highest BCUT2D eigenvalue weighted by atomic mass is 32.2. The van der Waals surface area contributed by atoms with E-state index in [4.69, 9.17) is 9.47 Å². The summed E-state index contributed by atoms with van der Waals surface area (Å²) < 4.78 is 52.9. The molecule has 206 valence electrons. The molecule has 2 aromatic carbocycles. The molecule has 2 aromatic rings. The van der Waals surface area contributed by atoms with Crippen molar-refractivity contribution in [2.45, 2.75) is 58.2 Å². The number of sulfonamides is 1. The molecule has 0 aromatic heterocycles. The molecule has 9 nitrogen and oxygen atoms in total. The van der Waals surface area contributed by atoms with Crippen LogP contribution in [0.5, 0.6) is 11.5 Å². The number of halogens is 1. The molecule has 0 saturated heterocycles. The maximum atomic E-state index is 14.6. The van der Waals surface area contributed by atoms with E-state index in [-0.39, 0.29) is 35.5 Å². The van der Waals surface area contributed by atoms with Gasteiger partial charge in [0.25, 0.3) is 0 Å². The lowest BCUT2D eigenvalue weighted by Crippen LogP contribution is -2.52. The summed E-state index contributed by atoms with van der Waals surface area (Å²) in [5.41, 5.74) is 0.462. The molecular weight excluding hydrogens is 513 g/mol. The summed E-state index contributed by atoms with van der Waals surface area (Å²) in [4.78, 5) is 28.1. The zero-order valence-electron chi connectivity index (χ0n) is 21.7. The fourth-order valence-corrected chi connectivity index (χ4v) is 5.75. The van der Waals surface area contributed by atoms with Gasteiger partial charge in [0, 0.05) is 24.2 Å². The highest BCUT2D eigenvalue weighted by Gasteiger charge is 2.33. The lowest BCUT2D eigenvalue weighted by Gasteiger charge is -2.32. The largest absolute Gasteiger partial charge is 0.486 e. The van der Waals surface area contributed by atoms with Gasteiger partial charge in [0.05, 0.1) is 11.4 Å². The maximum absolute atomic E-state index is 14.6. The molecule has 4 rings (SSSR count). The number of carbonyl (C=O) groups excluding carboxylic acids is 2. The molecule has 38 heavy (non-hydrogen) atoms. The second kappa shape index (κ2) is 12.0. The average Bonchev–Trinajstić information content (AvgIpc) is 3.43. The van der Waals surface area contributed by atoms with E-state index in [0.717, 1.165) is 30.0 Å². The van der Waals surface area contributed by atoms with Crippen molar-refractivity contribution in [3.63, 3.8) is 0 Å². The van der Waals surface area contributed by atoms with Gasteiger partial charge in [-0.05, 0) is 44.9 Å². The van der Waals surface area contributed by atoms with Crippen LogP contribution in [-0.4, -0.2) is 62.7 Å². The van der Waals surface area contributed by atoms with Crippen molar-refractivity contribution in [3.05, 3.63) is 53.8 Å². The summed E-state index contributed by atoms with van der Waals surface area (Å²) in [6, 6.07) is 9.76. The Kier molecular flexibility index (Phi) is 8.76. The Labute approximate surface area is 222 Å². The number of nitrogens with one attached hydrogen (secondary N) is 1. The molecule has 0 bridgehead atoms. The van der Waals surface area contributed by atoms with E-state index in [9.17, 15) is 22.4 Å². The van der Waals surface area contributed by atoms with Crippen molar-refractivity contribution in [1.29, 1.82) is 0 Å². The van der Waals surface area contributed by atoms with Gasteiger partial charge in [-0.15, -0.1) is 0 Å². The normalized spacial score (nSPS) is 16.1. The fraction of sp³-hybridized carbons (Fsp3) is 0.481. The third-order valence-corrected chi connectivity index (χ3v) is 8.70. The minimum absolute atomic E-state index is 0.0324. The molecule has 1 N–H and O–H groups in total. The summed E-state index contributed by atoms with van der Waals surface area (Å²) in [5.74, 6) is -0.887. The number of ether oxygens (including phenoxy) is 2. The number of carbonyl (C=O) groups is 2. The highest BCUT2D eigenvalue weighted by molar-refractivity contribution is 7.92. The van der Waals surface area contributed by atoms with Crippen molar-refractivity contribution in [1.82, 2.24) is 10.2 Å². The molecule has 0 unspecified atom stereocenters. The van der Waals surface area contributed by atoms with E-state index in [0.29, 0.717) is 24.7 Å². The Morgan fingerprint density at radius 1 is 1.08 bits per heavy atom. The van der Waals surface area contributed by atoms with Gasteiger partial charge in [0.15, 0.2) is 11.5 Å². The molecular formula is C27H34FN3O6S. The number of amides is 2. The first-order valence-corrected chi connectivity index (χ1v) is 14.5. The monoisotopic (exact) mass is 547 g/mol. The Balaban J connectivity index is 1.63. The zero-order valence-corrected chi connectivity index (χ0v) is 22.5. The van der Waals surface area contributed by atoms with Crippen molar-refractivity contribution < 1.29 is 31.9 Å². The Morgan fingerprint density at radius 2 is 1.76 bits per heavy atom. The lowest BCUT2D eigenvalue weighted by molar-refractivity contribution is -0.139. The molecule has 1 fully saturated rings. The smallest absolute Gasteiger partial charge is 0.244 e. The van der Waals surface area contributed by atoms with E-state index in [2.05, 4.69) is 5.32 Å². The summed E-state index contributed by atoms with van der Waals surface area (Å²) in [6.45, 7) is 3.01. The zero-order chi connectivity index (χ0) is 27.3. The van der Waals surface area contributed by atoms with Crippen LogP contribution in [0.3, 0.4) is 0 Å². The van der Waals surface area contributed by atoms with E-state index >= 15 is 0 Å². The number of fused-ring (bicyclic) bond motifs is 1. The molecule has 1 heterocycles. The number of rotatable bonds is 10. The van der Waals surface area contributed by atoms with E-state index in [1.807, 2.05) is 0 Å². The van der Waals surface area contributed by atoms with Crippen LogP contribution in [-0.2, 0) is 26.2 Å². The molecule has 1 aliphatic heterocycles. The average molecular weight is 548 g/mol. The van der Waals surface area contributed by atoms with Crippen molar-refractivity contribution in [3.8, 4) is 11.5 Å². The van der Waals surface area contributed by atoms with Crippen LogP contribution in [0.15, 0.2) is 42.5 Å². The molecule has 1 atom stereocenters. The summed E-state index contributed by atoms with van der Waals surface area (Å²) in [5, 5.41) is 2.99. The van der Waals surface area contributed by atoms with Crippen LogP contribution in [0.1, 0.15) is 45.1 Å². The first kappa shape index (κ1) is 27.7. The van der Waals surface area contributed by atoms with E-state index in [1.54, 1.807) is 37.3 Å². The molecule has 1 saturated carbocycles. The van der Waals surface area contributed by atoms with E-state index < -0.39 is 34.3 Å². The van der Waals surface area contributed by atoms with Gasteiger partial charge >= 0.3 is 0 Å². The van der Waals surface area contributed by atoms with Crippen LogP contribution in [0.25, 0.3) is 0 Å². The van der Waals surface area contributed by atoms with E-state index in [1.165, 1.54) is 24.0 Å². The summed E-state index contributed by atoms with van der Waals surface area (Å²) in [7, 11) is -3.90. The second-order valence-corrected chi connectivity index (χ2v) is 11.7. The number of anilines is 1. The minimum Gasteiger partial charge on any atom is -0.486 e. The third kappa shape index (κ3) is 6.38. The minimum atomic E-state index is -3.90. The van der Waals surface area contributed by atoms with Gasteiger partial charge in [-0.25, -0.2) is 12.8 Å². The third-order valence-electron chi connectivity index (χ3n) is 6.96. The Bertz CT molecular complexity index is 1270. The van der Waals surface area contributed by atoms with Gasteiger partial charge in [-0.1, -0.05) is 31.0 Å². The number of benzene rings is 2. The molecule has 1 aliphatic carbocycles. The molecule has 0 radical (unpaired) electrons. The predicted octanol–water partition coefficient (Wildman–Crippen LogP) is 3.23. The highest BCUT2D eigenvalue weighted by Crippen LogP contribution is 2.35. The van der Waals surface area contributed by atoms with Crippen LogP contribution < -0.4 is 19.1 Å². The van der Waals surface area contributed by atoms with Crippen molar-refractivity contribution >= 4 is 27.5 Å². The number of hydrogen-bond donors (Lipinski definition) is 1. The van der Waals surface area contributed by atoms with Crippen LogP contribution in [0, 0.1) is 5.82 Å². The first-order valence-electron chi connectivity index (χ1n) is 12.9. The van der Waals surface area contributed by atoms with Gasteiger partial charge in [0.2, 0.25) is 21.8 Å². The van der Waals surface area contributed by atoms with Crippen molar-refractivity contribution in [2.24, 2.45) is 0 Å². The Morgan fingerprint density at radius 3 is 2.45 bits per heavy atom. The van der Waals surface area contributed by atoms with Gasteiger partial charge in [0.1, 0.15) is 31.6 Å². The molecule has 2 aliphatic rings. The van der Waals surface area contributed by atoms with Crippen LogP contribution >= 0.6 is 0 Å². The fourth-order valence-electron chi connectivity index (χ4n) is 4.69. The summed E-state index contributed by atoms with van der Waals surface area (Å²) in [6.07, 6.45) is 3.78. The quantitative estimate of drug-likeness (QED) is 0.490. The van der Waals surface area contributed by atoms with Gasteiger partial charge in [-0.3, -0.25) is 13.9 Å². The van der Waals surface area contributed by atoms with Crippen LogP contribution in [0.4, 0.5) is 10.1 Å². The first-order chi connectivity index (χ1) is 18.2. The summed E-state index contributed by atoms with van der Waals surface area (Å²) >= 11 is 0. The second-order valence-electron chi connectivity index (χ2n) is 9.51. The Hall–Kier alpha value is -3.34. The molecule has 2 amide bonds.